The first-order valence-corrected chi connectivity index (χ1v) is 10.6. The number of fused-ring (bicyclic) bond motifs is 1. The summed E-state index contributed by atoms with van der Waals surface area (Å²) in [5.74, 6) is 0.150. The summed E-state index contributed by atoms with van der Waals surface area (Å²) in [6.07, 6.45) is 3.97. The fraction of sp³-hybridized carbons (Fsp3) is 0.320. The molecular formula is C25H28N4O2. The number of hydrogen-bond acceptors (Lipinski definition) is 3. The zero-order chi connectivity index (χ0) is 22.0. The number of benzene rings is 2. The van der Waals surface area contributed by atoms with Crippen molar-refractivity contribution >= 4 is 34.9 Å². The maximum atomic E-state index is 12.9. The van der Waals surface area contributed by atoms with Crippen LogP contribution in [0.3, 0.4) is 0 Å². The lowest BCUT2D eigenvalue weighted by Crippen LogP contribution is -2.53. The largest absolute Gasteiger partial charge is 0.339 e. The molecule has 1 saturated heterocycles. The number of amides is 2. The van der Waals surface area contributed by atoms with Gasteiger partial charge in [0.15, 0.2) is 0 Å². The van der Waals surface area contributed by atoms with E-state index in [9.17, 15) is 9.59 Å². The van der Waals surface area contributed by atoms with Gasteiger partial charge in [-0.15, -0.1) is 0 Å². The molecule has 3 aromatic rings. The van der Waals surface area contributed by atoms with Crippen LogP contribution in [0.2, 0.25) is 0 Å². The van der Waals surface area contributed by atoms with Gasteiger partial charge in [-0.1, -0.05) is 57.2 Å². The molecule has 2 amide bonds. The summed E-state index contributed by atoms with van der Waals surface area (Å²) in [5.41, 5.74) is 3.17. The van der Waals surface area contributed by atoms with Crippen molar-refractivity contribution in [2.45, 2.75) is 20.8 Å². The number of para-hydroxylation sites is 1. The van der Waals surface area contributed by atoms with Crippen molar-refractivity contribution in [2.24, 2.45) is 5.41 Å². The molecule has 1 N–H and O–H groups in total. The lowest BCUT2D eigenvalue weighted by Gasteiger charge is -2.37. The molecule has 31 heavy (non-hydrogen) atoms. The second-order valence-corrected chi connectivity index (χ2v) is 8.94. The van der Waals surface area contributed by atoms with Crippen LogP contribution in [-0.4, -0.2) is 58.0 Å². The van der Waals surface area contributed by atoms with Gasteiger partial charge in [-0.05, 0) is 29.8 Å². The molecular weight excluding hydrogens is 388 g/mol. The van der Waals surface area contributed by atoms with E-state index < -0.39 is 5.41 Å². The smallest absolute Gasteiger partial charge is 0.253 e. The van der Waals surface area contributed by atoms with E-state index in [2.05, 4.69) is 10.2 Å². The fourth-order valence-corrected chi connectivity index (χ4v) is 3.79. The third kappa shape index (κ3) is 4.53. The van der Waals surface area contributed by atoms with Gasteiger partial charge in [0.1, 0.15) is 0 Å². The van der Waals surface area contributed by atoms with E-state index >= 15 is 0 Å². The number of nitrogens with zero attached hydrogens (tertiary/aromatic N) is 3. The molecule has 6 nitrogen and oxygen atoms in total. The Hall–Kier alpha value is -3.41. The Morgan fingerprint density at radius 3 is 2.23 bits per heavy atom. The Balaban J connectivity index is 1.38. The Morgan fingerprint density at radius 1 is 0.903 bits per heavy atom. The lowest BCUT2D eigenvalue weighted by molar-refractivity contribution is -0.140. The Labute approximate surface area is 182 Å². The van der Waals surface area contributed by atoms with Crippen LogP contribution < -0.4 is 0 Å². The minimum Gasteiger partial charge on any atom is -0.339 e. The van der Waals surface area contributed by atoms with Crippen molar-refractivity contribution < 1.29 is 9.59 Å². The first-order chi connectivity index (χ1) is 14.8. The predicted octanol–water partition coefficient (Wildman–Crippen LogP) is 4.06. The van der Waals surface area contributed by atoms with Crippen LogP contribution >= 0.6 is 0 Å². The van der Waals surface area contributed by atoms with E-state index in [1.54, 1.807) is 0 Å². The van der Waals surface area contributed by atoms with Crippen LogP contribution in [0.15, 0.2) is 48.5 Å². The third-order valence-electron chi connectivity index (χ3n) is 5.59. The number of nitrogens with one attached hydrogen (secondary N) is 1. The standard InChI is InChI=1S/C25H28N4O2/c1-25(2,3)24(31)29-16-14-28(15-17-29)23(30)19-11-8-18(9-12-19)10-13-22-20-6-4-5-7-21(20)26-27-22/h4-13H,14-17H2,1-3H3,(H,26,27)/b13-10+. The minimum atomic E-state index is -0.391. The first-order valence-electron chi connectivity index (χ1n) is 10.6. The highest BCUT2D eigenvalue weighted by Gasteiger charge is 2.31. The zero-order valence-corrected chi connectivity index (χ0v) is 18.3. The second-order valence-electron chi connectivity index (χ2n) is 8.94. The summed E-state index contributed by atoms with van der Waals surface area (Å²) < 4.78 is 0. The summed E-state index contributed by atoms with van der Waals surface area (Å²) in [6.45, 7) is 8.08. The number of aromatic nitrogens is 2. The molecule has 2 aromatic carbocycles. The van der Waals surface area contributed by atoms with Gasteiger partial charge in [-0.25, -0.2) is 0 Å². The third-order valence-corrected chi connectivity index (χ3v) is 5.59. The molecule has 2 heterocycles. The quantitative estimate of drug-likeness (QED) is 0.700. The molecule has 0 aliphatic carbocycles. The molecule has 4 rings (SSSR count). The van der Waals surface area contributed by atoms with E-state index in [0.717, 1.165) is 22.2 Å². The van der Waals surface area contributed by atoms with Crippen molar-refractivity contribution in [3.8, 4) is 0 Å². The first kappa shape index (κ1) is 20.8. The van der Waals surface area contributed by atoms with Gasteiger partial charge in [0.2, 0.25) is 5.91 Å². The number of carbonyl (C=O) groups excluding carboxylic acids is 2. The van der Waals surface area contributed by atoms with E-state index in [0.29, 0.717) is 31.7 Å². The number of aromatic amines is 1. The summed E-state index contributed by atoms with van der Waals surface area (Å²) in [7, 11) is 0. The fourth-order valence-electron chi connectivity index (χ4n) is 3.79. The molecule has 0 radical (unpaired) electrons. The van der Waals surface area contributed by atoms with Gasteiger partial charge in [0, 0.05) is 42.5 Å². The van der Waals surface area contributed by atoms with Crippen molar-refractivity contribution in [2.75, 3.05) is 26.2 Å². The van der Waals surface area contributed by atoms with E-state index in [1.165, 1.54) is 0 Å². The molecule has 0 saturated carbocycles. The van der Waals surface area contributed by atoms with Gasteiger partial charge in [0.25, 0.3) is 5.91 Å². The summed E-state index contributed by atoms with van der Waals surface area (Å²) in [5, 5.41) is 8.46. The predicted molar refractivity (Wildman–Crippen MR) is 123 cm³/mol. The molecule has 1 aliphatic rings. The molecule has 160 valence electrons. The zero-order valence-electron chi connectivity index (χ0n) is 18.3. The van der Waals surface area contributed by atoms with Crippen LogP contribution in [0.1, 0.15) is 42.4 Å². The highest BCUT2D eigenvalue weighted by molar-refractivity contribution is 5.95. The van der Waals surface area contributed by atoms with Crippen LogP contribution in [0.5, 0.6) is 0 Å². The average molecular weight is 417 g/mol. The van der Waals surface area contributed by atoms with Crippen molar-refractivity contribution in [3.63, 3.8) is 0 Å². The number of piperazine rings is 1. The minimum absolute atomic E-state index is 0.0108. The molecule has 0 unspecified atom stereocenters. The normalized spacial score (nSPS) is 15.1. The van der Waals surface area contributed by atoms with Gasteiger partial charge in [-0.2, -0.15) is 5.10 Å². The maximum Gasteiger partial charge on any atom is 0.253 e. The van der Waals surface area contributed by atoms with Crippen LogP contribution in [0.25, 0.3) is 23.1 Å². The van der Waals surface area contributed by atoms with Crippen LogP contribution in [0, 0.1) is 5.41 Å². The molecule has 0 bridgehead atoms. The molecule has 1 aliphatic heterocycles. The Morgan fingerprint density at radius 2 is 1.55 bits per heavy atom. The van der Waals surface area contributed by atoms with Crippen molar-refractivity contribution in [3.05, 3.63) is 65.4 Å². The van der Waals surface area contributed by atoms with E-state index in [4.69, 9.17) is 0 Å². The number of hydrogen-bond donors (Lipinski definition) is 1. The van der Waals surface area contributed by atoms with Crippen molar-refractivity contribution in [1.29, 1.82) is 0 Å². The number of carbonyl (C=O) groups is 2. The summed E-state index contributed by atoms with van der Waals surface area (Å²) in [6, 6.07) is 15.6. The van der Waals surface area contributed by atoms with Gasteiger partial charge < -0.3 is 9.80 Å². The Kier molecular flexibility index (Phi) is 5.63. The molecule has 1 aromatic heterocycles. The summed E-state index contributed by atoms with van der Waals surface area (Å²) in [4.78, 5) is 29.0. The molecule has 6 heteroatoms. The molecule has 1 fully saturated rings. The van der Waals surface area contributed by atoms with E-state index in [-0.39, 0.29) is 11.8 Å². The average Bonchev–Trinajstić information content (AvgIpc) is 3.20. The topological polar surface area (TPSA) is 69.3 Å². The van der Waals surface area contributed by atoms with Gasteiger partial charge in [-0.3, -0.25) is 14.7 Å². The Bertz CT molecular complexity index is 1110. The molecule has 0 spiro atoms. The lowest BCUT2D eigenvalue weighted by atomic mass is 9.94. The highest BCUT2D eigenvalue weighted by atomic mass is 16.2. The van der Waals surface area contributed by atoms with Crippen LogP contribution in [0.4, 0.5) is 0 Å². The number of H-pyrrole nitrogens is 1. The SMILES string of the molecule is CC(C)(C)C(=O)N1CCN(C(=O)c2ccc(/C=C/c3n[nH]c4ccccc34)cc2)CC1. The van der Waals surface area contributed by atoms with E-state index in [1.807, 2.05) is 91.3 Å². The summed E-state index contributed by atoms with van der Waals surface area (Å²) >= 11 is 0. The monoisotopic (exact) mass is 416 g/mol. The van der Waals surface area contributed by atoms with Crippen LogP contribution in [-0.2, 0) is 4.79 Å². The molecule has 0 atom stereocenters. The van der Waals surface area contributed by atoms with Crippen molar-refractivity contribution in [1.82, 2.24) is 20.0 Å². The van der Waals surface area contributed by atoms with Gasteiger partial charge >= 0.3 is 0 Å². The maximum absolute atomic E-state index is 12.9. The number of rotatable bonds is 3. The van der Waals surface area contributed by atoms with Gasteiger partial charge in [0.05, 0.1) is 11.2 Å². The highest BCUT2D eigenvalue weighted by Crippen LogP contribution is 2.20. The second kappa shape index (κ2) is 8.38.